The van der Waals surface area contributed by atoms with Gasteiger partial charge in [-0.15, -0.1) is 0 Å². The van der Waals surface area contributed by atoms with Crippen LogP contribution in [0.15, 0.2) is 18.5 Å². The Morgan fingerprint density at radius 2 is 2.25 bits per heavy atom. The van der Waals surface area contributed by atoms with Gasteiger partial charge < -0.3 is 4.74 Å². The predicted molar refractivity (Wildman–Crippen MR) is 57.1 cm³/mol. The zero-order valence-corrected chi connectivity index (χ0v) is 8.86. The standard InChI is InChI=1S/C12H10N2O2/c1-2-16-12(15)5-3-4-10-6-11(7-13)9-14-8-10/h6,8-9H,2,5H2,1H3. The molecule has 0 aliphatic heterocycles. The van der Waals surface area contributed by atoms with Crippen molar-refractivity contribution >= 4 is 5.97 Å². The molecule has 1 heterocycles. The molecule has 0 aliphatic rings. The monoisotopic (exact) mass is 214 g/mol. The Labute approximate surface area is 93.9 Å². The van der Waals surface area contributed by atoms with E-state index in [2.05, 4.69) is 16.8 Å². The number of esters is 1. The van der Waals surface area contributed by atoms with Gasteiger partial charge >= 0.3 is 5.97 Å². The van der Waals surface area contributed by atoms with E-state index in [1.807, 2.05) is 6.07 Å². The lowest BCUT2D eigenvalue weighted by atomic mass is 10.2. The highest BCUT2D eigenvalue weighted by Gasteiger charge is 1.96. The summed E-state index contributed by atoms with van der Waals surface area (Å²) in [4.78, 5) is 14.8. The zero-order chi connectivity index (χ0) is 11.8. The van der Waals surface area contributed by atoms with Gasteiger partial charge in [-0.1, -0.05) is 11.8 Å². The highest BCUT2D eigenvalue weighted by Crippen LogP contribution is 1.99. The maximum absolute atomic E-state index is 11.0. The molecular formula is C12H10N2O2. The number of nitrogens with zero attached hydrogens (tertiary/aromatic N) is 2. The fourth-order valence-corrected chi connectivity index (χ4v) is 1.000. The molecule has 0 atom stereocenters. The molecule has 0 radical (unpaired) electrons. The first-order chi connectivity index (χ1) is 7.76. The first-order valence-electron chi connectivity index (χ1n) is 4.76. The smallest absolute Gasteiger partial charge is 0.317 e. The van der Waals surface area contributed by atoms with Crippen LogP contribution in [0.5, 0.6) is 0 Å². The molecule has 80 valence electrons. The molecule has 4 heteroatoms. The van der Waals surface area contributed by atoms with Crippen molar-refractivity contribution in [2.24, 2.45) is 0 Å². The Kier molecular flexibility index (Phi) is 4.56. The third-order valence-corrected chi connectivity index (χ3v) is 1.64. The van der Waals surface area contributed by atoms with E-state index in [1.54, 1.807) is 19.2 Å². The van der Waals surface area contributed by atoms with Crippen molar-refractivity contribution in [2.75, 3.05) is 6.61 Å². The molecule has 0 aliphatic carbocycles. The third kappa shape index (κ3) is 3.81. The minimum Gasteiger partial charge on any atom is -0.465 e. The number of carbonyl (C=O) groups excluding carboxylic acids is 1. The van der Waals surface area contributed by atoms with Crippen molar-refractivity contribution in [1.82, 2.24) is 4.98 Å². The number of pyridine rings is 1. The molecule has 0 amide bonds. The predicted octanol–water partition coefficient (Wildman–Crippen LogP) is 1.26. The van der Waals surface area contributed by atoms with Crippen molar-refractivity contribution in [3.63, 3.8) is 0 Å². The first kappa shape index (κ1) is 11.7. The largest absolute Gasteiger partial charge is 0.465 e. The van der Waals surface area contributed by atoms with Crippen LogP contribution in [0, 0.1) is 23.2 Å². The average Bonchev–Trinajstić information content (AvgIpc) is 2.30. The van der Waals surface area contributed by atoms with E-state index in [0.29, 0.717) is 17.7 Å². The summed E-state index contributed by atoms with van der Waals surface area (Å²) in [5, 5.41) is 8.63. The normalized spacial score (nSPS) is 8.50. The van der Waals surface area contributed by atoms with E-state index in [0.717, 1.165) is 0 Å². The van der Waals surface area contributed by atoms with Crippen molar-refractivity contribution in [3.8, 4) is 17.9 Å². The van der Waals surface area contributed by atoms with Gasteiger partial charge in [-0.25, -0.2) is 0 Å². The summed E-state index contributed by atoms with van der Waals surface area (Å²) >= 11 is 0. The van der Waals surface area contributed by atoms with Crippen LogP contribution in [0.3, 0.4) is 0 Å². The van der Waals surface area contributed by atoms with Crippen LogP contribution in [-0.4, -0.2) is 17.6 Å². The second-order valence-corrected chi connectivity index (χ2v) is 2.86. The molecule has 1 rings (SSSR count). The summed E-state index contributed by atoms with van der Waals surface area (Å²) in [6.45, 7) is 2.09. The molecule has 0 saturated heterocycles. The Morgan fingerprint density at radius 3 is 2.94 bits per heavy atom. The van der Waals surface area contributed by atoms with Gasteiger partial charge in [0.25, 0.3) is 0 Å². The Bertz CT molecular complexity index is 478. The maximum Gasteiger partial charge on any atom is 0.317 e. The fraction of sp³-hybridized carbons (Fsp3) is 0.250. The maximum atomic E-state index is 11.0. The number of hydrogen-bond acceptors (Lipinski definition) is 4. The molecule has 1 aromatic rings. The van der Waals surface area contributed by atoms with Crippen LogP contribution in [0.25, 0.3) is 0 Å². The number of ether oxygens (including phenoxy) is 1. The van der Waals surface area contributed by atoms with Gasteiger partial charge in [-0.3, -0.25) is 9.78 Å². The summed E-state index contributed by atoms with van der Waals surface area (Å²) in [6.07, 6.45) is 3.04. The number of rotatable bonds is 2. The highest BCUT2D eigenvalue weighted by atomic mass is 16.5. The average molecular weight is 214 g/mol. The van der Waals surface area contributed by atoms with Gasteiger partial charge in [0, 0.05) is 18.0 Å². The van der Waals surface area contributed by atoms with Crippen LogP contribution >= 0.6 is 0 Å². The van der Waals surface area contributed by atoms with Gasteiger partial charge in [0.05, 0.1) is 12.2 Å². The number of hydrogen-bond donors (Lipinski definition) is 0. The van der Waals surface area contributed by atoms with Crippen LogP contribution in [0.1, 0.15) is 24.5 Å². The summed E-state index contributed by atoms with van der Waals surface area (Å²) in [5.74, 6) is 5.06. The fourth-order valence-electron chi connectivity index (χ4n) is 1.000. The van der Waals surface area contributed by atoms with Crippen molar-refractivity contribution in [2.45, 2.75) is 13.3 Å². The van der Waals surface area contributed by atoms with Crippen LogP contribution < -0.4 is 0 Å². The summed E-state index contributed by atoms with van der Waals surface area (Å²) in [7, 11) is 0. The molecule has 1 aromatic heterocycles. The van der Waals surface area contributed by atoms with E-state index in [-0.39, 0.29) is 12.4 Å². The summed E-state index contributed by atoms with van der Waals surface area (Å²) in [6, 6.07) is 3.58. The topological polar surface area (TPSA) is 63.0 Å². The minimum atomic E-state index is -0.348. The van der Waals surface area contributed by atoms with Crippen LogP contribution in [0.4, 0.5) is 0 Å². The van der Waals surface area contributed by atoms with Crippen LogP contribution in [-0.2, 0) is 9.53 Å². The minimum absolute atomic E-state index is 0.0463. The van der Waals surface area contributed by atoms with Gasteiger partial charge in [-0.05, 0) is 13.0 Å². The highest BCUT2D eigenvalue weighted by molar-refractivity contribution is 5.72. The van der Waals surface area contributed by atoms with E-state index in [1.165, 1.54) is 6.20 Å². The lowest BCUT2D eigenvalue weighted by Gasteiger charge is -1.94. The molecule has 4 nitrogen and oxygen atoms in total. The Morgan fingerprint density at radius 1 is 1.50 bits per heavy atom. The molecule has 0 bridgehead atoms. The lowest BCUT2D eigenvalue weighted by Crippen LogP contribution is -2.01. The van der Waals surface area contributed by atoms with E-state index in [9.17, 15) is 4.79 Å². The van der Waals surface area contributed by atoms with Crippen LogP contribution in [0.2, 0.25) is 0 Å². The molecule has 0 aromatic carbocycles. The number of nitriles is 1. The Balaban J connectivity index is 2.63. The number of carbonyl (C=O) groups is 1. The molecule has 0 spiro atoms. The molecule has 0 fully saturated rings. The molecule has 0 unspecified atom stereocenters. The lowest BCUT2D eigenvalue weighted by molar-refractivity contribution is -0.141. The van der Waals surface area contributed by atoms with Gasteiger partial charge in [0.1, 0.15) is 12.5 Å². The third-order valence-electron chi connectivity index (χ3n) is 1.64. The van der Waals surface area contributed by atoms with E-state index < -0.39 is 0 Å². The van der Waals surface area contributed by atoms with Gasteiger partial charge in [0.15, 0.2) is 0 Å². The molecule has 0 saturated carbocycles. The molecule has 16 heavy (non-hydrogen) atoms. The van der Waals surface area contributed by atoms with Crippen molar-refractivity contribution in [1.29, 1.82) is 5.26 Å². The zero-order valence-electron chi connectivity index (χ0n) is 8.86. The van der Waals surface area contributed by atoms with E-state index >= 15 is 0 Å². The quantitative estimate of drug-likeness (QED) is 0.549. The second-order valence-electron chi connectivity index (χ2n) is 2.86. The molecule has 0 N–H and O–H groups in total. The van der Waals surface area contributed by atoms with Gasteiger partial charge in [0.2, 0.25) is 0 Å². The van der Waals surface area contributed by atoms with Crippen molar-refractivity contribution in [3.05, 3.63) is 29.6 Å². The van der Waals surface area contributed by atoms with Gasteiger partial charge in [-0.2, -0.15) is 5.26 Å². The summed E-state index contributed by atoms with van der Waals surface area (Å²) < 4.78 is 4.72. The first-order valence-corrected chi connectivity index (χ1v) is 4.76. The second kappa shape index (κ2) is 6.21. The number of aromatic nitrogens is 1. The molecular weight excluding hydrogens is 204 g/mol. The van der Waals surface area contributed by atoms with E-state index in [4.69, 9.17) is 10.00 Å². The Hall–Kier alpha value is -2.33. The summed E-state index contributed by atoms with van der Waals surface area (Å²) in [5.41, 5.74) is 1.06. The SMILES string of the molecule is CCOC(=O)CC#Cc1cncc(C#N)c1. The van der Waals surface area contributed by atoms with Crippen molar-refractivity contribution < 1.29 is 9.53 Å².